The molecule has 1 atom stereocenters. The number of hydrogen-bond donors (Lipinski definition) is 1. The first-order chi connectivity index (χ1) is 14.1. The molecule has 0 bridgehead atoms. The van der Waals surface area contributed by atoms with Crippen molar-refractivity contribution in [2.75, 3.05) is 19.5 Å². The molecule has 0 aliphatic heterocycles. The maximum absolute atomic E-state index is 5.47. The lowest BCUT2D eigenvalue weighted by atomic mass is 10.0. The van der Waals surface area contributed by atoms with Gasteiger partial charge in [0.15, 0.2) is 11.5 Å². The normalized spacial score (nSPS) is 14.9. The molecular formula is C24H27N3O2. The second-order valence-corrected chi connectivity index (χ2v) is 7.58. The second-order valence-electron chi connectivity index (χ2n) is 7.58. The summed E-state index contributed by atoms with van der Waals surface area (Å²) >= 11 is 0. The van der Waals surface area contributed by atoms with E-state index in [1.165, 1.54) is 24.0 Å². The molecule has 2 aromatic carbocycles. The smallest absolute Gasteiger partial charge is 0.162 e. The quantitative estimate of drug-likeness (QED) is 0.574. The molecule has 4 rings (SSSR count). The number of nitrogens with zero attached hydrogens (tertiary/aromatic N) is 2. The van der Waals surface area contributed by atoms with E-state index in [-0.39, 0.29) is 6.04 Å². The summed E-state index contributed by atoms with van der Waals surface area (Å²) in [6.07, 6.45) is 7.19. The average Bonchev–Trinajstić information content (AvgIpc) is 3.56. The van der Waals surface area contributed by atoms with E-state index in [1.807, 2.05) is 19.1 Å². The number of ether oxygens (including phenoxy) is 2. The summed E-state index contributed by atoms with van der Waals surface area (Å²) < 4.78 is 10.9. The number of rotatable bonds is 7. The molecule has 0 radical (unpaired) electrons. The summed E-state index contributed by atoms with van der Waals surface area (Å²) in [5.41, 5.74) is 3.27. The van der Waals surface area contributed by atoms with Crippen LogP contribution in [-0.2, 0) is 0 Å². The summed E-state index contributed by atoms with van der Waals surface area (Å²) in [5.74, 6) is 3.60. The molecule has 1 aromatic heterocycles. The molecule has 1 saturated carbocycles. The third kappa shape index (κ3) is 4.34. The summed E-state index contributed by atoms with van der Waals surface area (Å²) in [6.45, 7) is 4.04. The zero-order chi connectivity index (χ0) is 20.4. The van der Waals surface area contributed by atoms with Crippen LogP contribution < -0.4 is 14.8 Å². The number of anilines is 1. The molecule has 0 amide bonds. The number of benzene rings is 2. The largest absolute Gasteiger partial charge is 0.493 e. The third-order valence-electron chi connectivity index (χ3n) is 5.26. The van der Waals surface area contributed by atoms with E-state index in [1.54, 1.807) is 14.2 Å². The number of aryl methyl sites for hydroxylation is 1. The SMILES string of the molecule is COc1cc2nc(C)nc(NC(C)c3cccc(/C=C/C4CC4)c3)c2cc1OC. The van der Waals surface area contributed by atoms with Gasteiger partial charge in [-0.05, 0) is 55.9 Å². The molecule has 1 N–H and O–H groups in total. The zero-order valence-electron chi connectivity index (χ0n) is 17.4. The molecule has 150 valence electrons. The Kier molecular flexibility index (Phi) is 5.38. The van der Waals surface area contributed by atoms with Crippen molar-refractivity contribution in [1.29, 1.82) is 0 Å². The molecule has 1 unspecified atom stereocenters. The van der Waals surface area contributed by atoms with Crippen molar-refractivity contribution in [1.82, 2.24) is 9.97 Å². The maximum atomic E-state index is 5.47. The van der Waals surface area contributed by atoms with Gasteiger partial charge in [-0.2, -0.15) is 0 Å². The van der Waals surface area contributed by atoms with E-state index < -0.39 is 0 Å². The number of allylic oxidation sites excluding steroid dienone is 1. The Morgan fingerprint density at radius 1 is 1.07 bits per heavy atom. The highest BCUT2D eigenvalue weighted by Crippen LogP contribution is 2.35. The highest BCUT2D eigenvalue weighted by molar-refractivity contribution is 5.92. The number of fused-ring (bicyclic) bond motifs is 1. The third-order valence-corrected chi connectivity index (χ3v) is 5.26. The Morgan fingerprint density at radius 2 is 1.83 bits per heavy atom. The molecule has 1 aliphatic rings. The van der Waals surface area contributed by atoms with E-state index in [9.17, 15) is 0 Å². The number of nitrogens with one attached hydrogen (secondary N) is 1. The van der Waals surface area contributed by atoms with Crippen LogP contribution in [0.1, 0.15) is 42.8 Å². The summed E-state index contributed by atoms with van der Waals surface area (Å²) in [5, 5.41) is 4.47. The van der Waals surface area contributed by atoms with Crippen molar-refractivity contribution in [3.05, 3.63) is 59.4 Å². The summed E-state index contributed by atoms with van der Waals surface area (Å²) in [7, 11) is 3.26. The molecule has 3 aromatic rings. The van der Waals surface area contributed by atoms with Gasteiger partial charge < -0.3 is 14.8 Å². The fraction of sp³-hybridized carbons (Fsp3) is 0.333. The molecule has 5 nitrogen and oxygen atoms in total. The van der Waals surface area contributed by atoms with Gasteiger partial charge in [-0.15, -0.1) is 0 Å². The van der Waals surface area contributed by atoms with Crippen LogP contribution in [0.5, 0.6) is 11.5 Å². The summed E-state index contributed by atoms with van der Waals surface area (Å²) in [4.78, 5) is 9.22. The van der Waals surface area contributed by atoms with Crippen LogP contribution in [0.3, 0.4) is 0 Å². The van der Waals surface area contributed by atoms with Crippen molar-refractivity contribution in [3.8, 4) is 11.5 Å². The van der Waals surface area contributed by atoms with Crippen LogP contribution in [0.25, 0.3) is 17.0 Å². The predicted octanol–water partition coefficient (Wildman–Crippen LogP) is 5.55. The molecule has 0 saturated heterocycles. The monoisotopic (exact) mass is 389 g/mol. The topological polar surface area (TPSA) is 56.3 Å². The number of methoxy groups -OCH3 is 2. The van der Waals surface area contributed by atoms with Gasteiger partial charge in [0.05, 0.1) is 19.7 Å². The van der Waals surface area contributed by atoms with Crippen molar-refractivity contribution in [2.24, 2.45) is 5.92 Å². The summed E-state index contributed by atoms with van der Waals surface area (Å²) in [6, 6.07) is 12.5. The van der Waals surface area contributed by atoms with Crippen molar-refractivity contribution >= 4 is 22.8 Å². The first kappa shape index (κ1) is 19.2. The van der Waals surface area contributed by atoms with Gasteiger partial charge in [0.2, 0.25) is 0 Å². The Labute approximate surface area is 171 Å². The number of aromatic nitrogens is 2. The van der Waals surface area contributed by atoms with Crippen LogP contribution >= 0.6 is 0 Å². The van der Waals surface area contributed by atoms with E-state index in [2.05, 4.69) is 58.6 Å². The minimum atomic E-state index is 0.0925. The first-order valence-corrected chi connectivity index (χ1v) is 10.0. The lowest BCUT2D eigenvalue weighted by Gasteiger charge is -2.18. The van der Waals surface area contributed by atoms with Gasteiger partial charge in [-0.1, -0.05) is 30.4 Å². The van der Waals surface area contributed by atoms with E-state index in [0.717, 1.165) is 22.6 Å². The Balaban J connectivity index is 1.65. The second kappa shape index (κ2) is 8.11. The average molecular weight is 389 g/mol. The standard InChI is InChI=1S/C24H27N3O2/c1-15(19-7-5-6-18(12-19)11-10-17-8-9-17)25-24-20-13-22(28-3)23(29-4)14-21(20)26-16(2)27-24/h5-7,10-15,17H,8-9H2,1-4H3,(H,25,26,27)/b11-10+. The van der Waals surface area contributed by atoms with Gasteiger partial charge in [-0.25, -0.2) is 9.97 Å². The molecule has 5 heteroatoms. The fourth-order valence-electron chi connectivity index (χ4n) is 3.44. The van der Waals surface area contributed by atoms with E-state index in [4.69, 9.17) is 9.47 Å². The van der Waals surface area contributed by atoms with Crippen LogP contribution in [0, 0.1) is 12.8 Å². The van der Waals surface area contributed by atoms with Crippen molar-refractivity contribution in [2.45, 2.75) is 32.7 Å². The predicted molar refractivity (Wildman–Crippen MR) is 118 cm³/mol. The van der Waals surface area contributed by atoms with Gasteiger partial charge >= 0.3 is 0 Å². The van der Waals surface area contributed by atoms with Crippen molar-refractivity contribution < 1.29 is 9.47 Å². The lowest BCUT2D eigenvalue weighted by Crippen LogP contribution is -2.10. The zero-order valence-corrected chi connectivity index (χ0v) is 17.4. The fourth-order valence-corrected chi connectivity index (χ4v) is 3.44. The molecule has 1 aliphatic carbocycles. The van der Waals surface area contributed by atoms with Gasteiger partial charge in [0.1, 0.15) is 11.6 Å². The van der Waals surface area contributed by atoms with Crippen LogP contribution in [0.2, 0.25) is 0 Å². The Morgan fingerprint density at radius 3 is 2.55 bits per heavy atom. The van der Waals surface area contributed by atoms with Crippen molar-refractivity contribution in [3.63, 3.8) is 0 Å². The maximum Gasteiger partial charge on any atom is 0.162 e. The van der Waals surface area contributed by atoms with Gasteiger partial charge in [0.25, 0.3) is 0 Å². The Bertz CT molecular complexity index is 1060. The van der Waals surface area contributed by atoms with Gasteiger partial charge in [0, 0.05) is 17.5 Å². The molecular weight excluding hydrogens is 362 g/mol. The van der Waals surface area contributed by atoms with E-state index >= 15 is 0 Å². The minimum absolute atomic E-state index is 0.0925. The minimum Gasteiger partial charge on any atom is -0.493 e. The Hall–Kier alpha value is -3.08. The van der Waals surface area contributed by atoms with Crippen LogP contribution in [0.15, 0.2) is 42.5 Å². The first-order valence-electron chi connectivity index (χ1n) is 10.0. The van der Waals surface area contributed by atoms with E-state index in [0.29, 0.717) is 17.3 Å². The molecule has 0 spiro atoms. The van der Waals surface area contributed by atoms with Gasteiger partial charge in [-0.3, -0.25) is 0 Å². The highest BCUT2D eigenvalue weighted by Gasteiger charge is 2.17. The van der Waals surface area contributed by atoms with Crippen LogP contribution in [-0.4, -0.2) is 24.2 Å². The van der Waals surface area contributed by atoms with Crippen LogP contribution in [0.4, 0.5) is 5.82 Å². The highest BCUT2D eigenvalue weighted by atomic mass is 16.5. The molecule has 1 fully saturated rings. The molecule has 29 heavy (non-hydrogen) atoms. The number of hydrogen-bond acceptors (Lipinski definition) is 5. The molecule has 1 heterocycles. The lowest BCUT2D eigenvalue weighted by molar-refractivity contribution is 0.356.